The van der Waals surface area contributed by atoms with E-state index in [0.29, 0.717) is 5.92 Å². The molecule has 0 aromatic carbocycles. The first-order chi connectivity index (χ1) is 8.74. The number of likely N-dealkylation sites (N-methyl/N-ethyl adjacent to an activating group) is 1. The molecule has 19 heavy (non-hydrogen) atoms. The maximum atomic E-state index is 12.8. The molecule has 1 aliphatic rings. The van der Waals surface area contributed by atoms with E-state index in [0.717, 1.165) is 25.8 Å². The first kappa shape index (κ1) is 16.8. The highest BCUT2D eigenvalue weighted by molar-refractivity contribution is 4.92. The second kappa shape index (κ2) is 6.93. The van der Waals surface area contributed by atoms with E-state index in [1.165, 1.54) is 0 Å². The van der Waals surface area contributed by atoms with Crippen molar-refractivity contribution in [2.45, 2.75) is 71.3 Å². The van der Waals surface area contributed by atoms with Gasteiger partial charge in [-0.2, -0.15) is 13.2 Å². The van der Waals surface area contributed by atoms with Crippen LogP contribution >= 0.6 is 0 Å². The number of halogens is 3. The minimum Gasteiger partial charge on any atom is -0.313 e. The van der Waals surface area contributed by atoms with Crippen LogP contribution in [0, 0.1) is 5.92 Å². The maximum Gasteiger partial charge on any atom is 0.401 e. The van der Waals surface area contributed by atoms with E-state index in [9.17, 15) is 13.2 Å². The fraction of sp³-hybridized carbons (Fsp3) is 1.00. The van der Waals surface area contributed by atoms with Gasteiger partial charge in [-0.05, 0) is 45.6 Å². The molecular weight excluding hydrogens is 253 g/mol. The van der Waals surface area contributed by atoms with Crippen molar-refractivity contribution in [3.63, 3.8) is 0 Å². The third-order valence-electron chi connectivity index (χ3n) is 4.00. The molecule has 0 radical (unpaired) electrons. The molecule has 114 valence electrons. The lowest BCUT2D eigenvalue weighted by Crippen LogP contribution is -2.57. The lowest BCUT2D eigenvalue weighted by atomic mass is 9.82. The highest BCUT2D eigenvalue weighted by Gasteiger charge is 2.39. The van der Waals surface area contributed by atoms with Gasteiger partial charge >= 0.3 is 6.18 Å². The van der Waals surface area contributed by atoms with Gasteiger partial charge in [0.15, 0.2) is 0 Å². The summed E-state index contributed by atoms with van der Waals surface area (Å²) in [6.07, 6.45) is -1.19. The highest BCUT2D eigenvalue weighted by atomic mass is 19.4. The number of rotatable bonds is 5. The predicted molar refractivity (Wildman–Crippen MR) is 72.2 cm³/mol. The second-order valence-corrected chi connectivity index (χ2v) is 6.03. The molecule has 0 heterocycles. The molecule has 5 heteroatoms. The molecule has 1 N–H and O–H groups in total. The van der Waals surface area contributed by atoms with Crippen molar-refractivity contribution in [3.05, 3.63) is 0 Å². The minimum atomic E-state index is -4.12. The highest BCUT2D eigenvalue weighted by Crippen LogP contribution is 2.31. The molecule has 3 unspecified atom stereocenters. The second-order valence-electron chi connectivity index (χ2n) is 6.03. The standard InChI is InChI=1S/C14H27F3N2/c1-5-18-12-7-6-11(4)8-13(12)19(10(2)3)9-14(15,16)17/h10-13,18H,5-9H2,1-4H3. The molecule has 0 spiro atoms. The summed E-state index contributed by atoms with van der Waals surface area (Å²) in [6, 6.07) is 0.0920. The lowest BCUT2D eigenvalue weighted by Gasteiger charge is -2.44. The Labute approximate surface area is 114 Å². The molecule has 0 aromatic heterocycles. The largest absolute Gasteiger partial charge is 0.401 e. The van der Waals surface area contributed by atoms with Crippen LogP contribution in [0.1, 0.15) is 47.0 Å². The van der Waals surface area contributed by atoms with Crippen molar-refractivity contribution in [1.29, 1.82) is 0 Å². The number of alkyl halides is 3. The summed E-state index contributed by atoms with van der Waals surface area (Å²) in [5.41, 5.74) is 0. The topological polar surface area (TPSA) is 15.3 Å². The fourth-order valence-corrected chi connectivity index (χ4v) is 3.11. The third kappa shape index (κ3) is 5.30. The van der Waals surface area contributed by atoms with Crippen molar-refractivity contribution in [2.24, 2.45) is 5.92 Å². The van der Waals surface area contributed by atoms with E-state index >= 15 is 0 Å². The maximum absolute atomic E-state index is 12.8. The smallest absolute Gasteiger partial charge is 0.313 e. The lowest BCUT2D eigenvalue weighted by molar-refractivity contribution is -0.158. The van der Waals surface area contributed by atoms with Gasteiger partial charge < -0.3 is 5.32 Å². The Morgan fingerprint density at radius 2 is 1.89 bits per heavy atom. The molecule has 0 aromatic rings. The quantitative estimate of drug-likeness (QED) is 0.830. The van der Waals surface area contributed by atoms with E-state index in [2.05, 4.69) is 12.2 Å². The van der Waals surface area contributed by atoms with Crippen molar-refractivity contribution in [2.75, 3.05) is 13.1 Å². The number of nitrogens with one attached hydrogen (secondary N) is 1. The molecule has 2 nitrogen and oxygen atoms in total. The van der Waals surface area contributed by atoms with Crippen LogP contribution in [0.2, 0.25) is 0 Å². The molecule has 3 atom stereocenters. The van der Waals surface area contributed by atoms with Gasteiger partial charge in [0.2, 0.25) is 0 Å². The van der Waals surface area contributed by atoms with Gasteiger partial charge in [-0.25, -0.2) is 0 Å². The van der Waals surface area contributed by atoms with Gasteiger partial charge in [-0.15, -0.1) is 0 Å². The molecule has 1 fully saturated rings. The van der Waals surface area contributed by atoms with E-state index in [1.54, 1.807) is 4.90 Å². The Morgan fingerprint density at radius 3 is 2.37 bits per heavy atom. The molecule has 0 aliphatic heterocycles. The van der Waals surface area contributed by atoms with Crippen LogP contribution in [0.3, 0.4) is 0 Å². The molecule has 0 saturated heterocycles. The summed E-state index contributed by atoms with van der Waals surface area (Å²) in [6.45, 7) is 7.87. The Kier molecular flexibility index (Phi) is 6.12. The van der Waals surface area contributed by atoms with Crippen LogP contribution in [0.4, 0.5) is 13.2 Å². The van der Waals surface area contributed by atoms with Crippen LogP contribution < -0.4 is 5.32 Å². The summed E-state index contributed by atoms with van der Waals surface area (Å²) >= 11 is 0. The normalized spacial score (nSPS) is 29.2. The van der Waals surface area contributed by atoms with Crippen LogP contribution in [0.25, 0.3) is 0 Å². The molecule has 1 aliphatic carbocycles. The van der Waals surface area contributed by atoms with Crippen molar-refractivity contribution in [3.8, 4) is 0 Å². The van der Waals surface area contributed by atoms with E-state index in [1.807, 2.05) is 20.8 Å². The van der Waals surface area contributed by atoms with Crippen LogP contribution in [-0.4, -0.2) is 42.3 Å². The average molecular weight is 280 g/mol. The van der Waals surface area contributed by atoms with Gasteiger partial charge in [0.05, 0.1) is 6.54 Å². The summed E-state index contributed by atoms with van der Waals surface area (Å²) in [5.74, 6) is 0.509. The van der Waals surface area contributed by atoms with Crippen LogP contribution in [-0.2, 0) is 0 Å². The summed E-state index contributed by atoms with van der Waals surface area (Å²) in [4.78, 5) is 1.63. The Balaban J connectivity index is 2.82. The van der Waals surface area contributed by atoms with Gasteiger partial charge in [0.1, 0.15) is 0 Å². The van der Waals surface area contributed by atoms with E-state index in [4.69, 9.17) is 0 Å². The van der Waals surface area contributed by atoms with E-state index < -0.39 is 12.7 Å². The zero-order chi connectivity index (χ0) is 14.6. The number of hydrogen-bond acceptors (Lipinski definition) is 2. The number of nitrogens with zero attached hydrogens (tertiary/aromatic N) is 1. The van der Waals surface area contributed by atoms with Crippen LogP contribution in [0.5, 0.6) is 0 Å². The first-order valence-corrected chi connectivity index (χ1v) is 7.30. The monoisotopic (exact) mass is 280 g/mol. The van der Waals surface area contributed by atoms with Gasteiger partial charge in [-0.1, -0.05) is 13.8 Å². The average Bonchev–Trinajstić information content (AvgIpc) is 2.27. The Morgan fingerprint density at radius 1 is 1.26 bits per heavy atom. The minimum absolute atomic E-state index is 0.00896. The zero-order valence-corrected chi connectivity index (χ0v) is 12.4. The SMILES string of the molecule is CCNC1CCC(C)CC1N(CC(F)(F)F)C(C)C. The number of hydrogen-bond donors (Lipinski definition) is 1. The van der Waals surface area contributed by atoms with E-state index in [-0.39, 0.29) is 18.1 Å². The summed E-state index contributed by atoms with van der Waals surface area (Å²) < 4.78 is 38.3. The molecule has 1 saturated carbocycles. The first-order valence-electron chi connectivity index (χ1n) is 7.30. The third-order valence-corrected chi connectivity index (χ3v) is 4.00. The van der Waals surface area contributed by atoms with Crippen LogP contribution in [0.15, 0.2) is 0 Å². The predicted octanol–water partition coefficient (Wildman–Crippen LogP) is 3.43. The molecular formula is C14H27F3N2. The zero-order valence-electron chi connectivity index (χ0n) is 12.4. The molecule has 0 amide bonds. The van der Waals surface area contributed by atoms with Gasteiger partial charge in [-0.3, -0.25) is 4.90 Å². The van der Waals surface area contributed by atoms with Gasteiger partial charge in [0, 0.05) is 18.1 Å². The molecule has 1 rings (SSSR count). The molecule has 0 bridgehead atoms. The fourth-order valence-electron chi connectivity index (χ4n) is 3.11. The van der Waals surface area contributed by atoms with Crippen molar-refractivity contribution >= 4 is 0 Å². The summed E-state index contributed by atoms with van der Waals surface area (Å²) in [7, 11) is 0. The summed E-state index contributed by atoms with van der Waals surface area (Å²) in [5, 5.41) is 3.37. The van der Waals surface area contributed by atoms with Crippen molar-refractivity contribution < 1.29 is 13.2 Å². The Bertz CT molecular complexity index is 266. The van der Waals surface area contributed by atoms with Gasteiger partial charge in [0.25, 0.3) is 0 Å². The van der Waals surface area contributed by atoms with Crippen molar-refractivity contribution in [1.82, 2.24) is 10.2 Å². The Hall–Kier alpha value is -0.290.